The highest BCUT2D eigenvalue weighted by molar-refractivity contribution is 5.91. The molecule has 16 heavy (non-hydrogen) atoms. The molecule has 0 aliphatic rings. The third-order valence-electron chi connectivity index (χ3n) is 2.00. The van der Waals surface area contributed by atoms with Crippen LogP contribution in [0.3, 0.4) is 0 Å². The number of hydrogen-bond donors (Lipinski definition) is 0. The second kappa shape index (κ2) is 4.09. The number of halogens is 1. The highest BCUT2D eigenvalue weighted by Crippen LogP contribution is 2.19. The molecule has 0 atom stereocenters. The zero-order chi connectivity index (χ0) is 11.5. The molecule has 5 nitrogen and oxygen atoms in total. The Morgan fingerprint density at radius 3 is 2.44 bits per heavy atom. The zero-order valence-corrected chi connectivity index (χ0v) is 8.31. The van der Waals surface area contributed by atoms with Gasteiger partial charge in [0.2, 0.25) is 11.6 Å². The van der Waals surface area contributed by atoms with Gasteiger partial charge < -0.3 is 4.74 Å². The Bertz CT molecular complexity index is 545. The third-order valence-corrected chi connectivity index (χ3v) is 2.00. The third kappa shape index (κ3) is 1.65. The van der Waals surface area contributed by atoms with E-state index in [-0.39, 0.29) is 11.6 Å². The van der Waals surface area contributed by atoms with E-state index in [1.54, 1.807) is 24.3 Å². The number of rotatable bonds is 2. The van der Waals surface area contributed by atoms with Crippen molar-refractivity contribution in [1.82, 2.24) is 9.97 Å². The maximum atomic E-state index is 11.8. The predicted molar refractivity (Wildman–Crippen MR) is 52.6 cm³/mol. The topological polar surface area (TPSA) is 61.3 Å². The lowest BCUT2D eigenvalue weighted by atomic mass is 10.3. The van der Waals surface area contributed by atoms with Crippen molar-refractivity contribution in [2.45, 2.75) is 0 Å². The number of benzene rings is 1. The summed E-state index contributed by atoms with van der Waals surface area (Å²) in [7, 11) is 1.31. The lowest BCUT2D eigenvalue weighted by Gasteiger charge is -2.04. The number of carbonyl (C=O) groups is 1. The average molecular weight is 222 g/mol. The molecule has 0 aliphatic carbocycles. The monoisotopic (exact) mass is 222 g/mol. The van der Waals surface area contributed by atoms with E-state index < -0.39 is 5.97 Å². The fraction of sp³-hybridized carbons (Fsp3) is 0.100. The summed E-state index contributed by atoms with van der Waals surface area (Å²) in [5, 5.41) is 0. The van der Waals surface area contributed by atoms with Crippen LogP contribution in [0.5, 0.6) is 5.88 Å². The van der Waals surface area contributed by atoms with E-state index in [1.165, 1.54) is 7.11 Å². The SMILES string of the molecule is COc1nc2ccccc2nc1C(=O)OF. The van der Waals surface area contributed by atoms with Crippen LogP contribution in [0.25, 0.3) is 11.0 Å². The number of aromatic nitrogens is 2. The van der Waals surface area contributed by atoms with Crippen LogP contribution in [-0.4, -0.2) is 23.0 Å². The van der Waals surface area contributed by atoms with Crippen LogP contribution in [0, 0.1) is 0 Å². The fourth-order valence-electron chi connectivity index (χ4n) is 1.30. The van der Waals surface area contributed by atoms with E-state index in [0.717, 1.165) is 0 Å². The molecule has 82 valence electrons. The summed E-state index contributed by atoms with van der Waals surface area (Å²) in [5.74, 6) is -1.29. The minimum absolute atomic E-state index is 0.0682. The number of para-hydroxylation sites is 2. The van der Waals surface area contributed by atoms with Crippen LogP contribution in [0.4, 0.5) is 4.53 Å². The van der Waals surface area contributed by atoms with Crippen molar-refractivity contribution in [1.29, 1.82) is 0 Å². The van der Waals surface area contributed by atoms with Crippen LogP contribution in [0.15, 0.2) is 24.3 Å². The molecule has 0 unspecified atom stereocenters. The molecule has 0 fully saturated rings. The maximum Gasteiger partial charge on any atom is 0.403 e. The van der Waals surface area contributed by atoms with Gasteiger partial charge in [-0.2, -0.15) is 0 Å². The number of fused-ring (bicyclic) bond motifs is 1. The highest BCUT2D eigenvalue weighted by Gasteiger charge is 2.19. The van der Waals surface area contributed by atoms with Crippen LogP contribution in [0.1, 0.15) is 10.5 Å². The van der Waals surface area contributed by atoms with Gasteiger partial charge in [-0.05, 0) is 12.1 Å². The molecule has 1 aromatic carbocycles. The van der Waals surface area contributed by atoms with Crippen LogP contribution in [0.2, 0.25) is 0 Å². The van der Waals surface area contributed by atoms with E-state index in [9.17, 15) is 9.32 Å². The normalized spacial score (nSPS) is 10.1. The Hall–Kier alpha value is -2.24. The zero-order valence-electron chi connectivity index (χ0n) is 8.31. The molecule has 0 saturated heterocycles. The number of hydrogen-bond acceptors (Lipinski definition) is 5. The summed E-state index contributed by atoms with van der Waals surface area (Å²) in [5.41, 5.74) is 0.724. The molecule has 1 aromatic heterocycles. The maximum absolute atomic E-state index is 11.8. The molecule has 0 N–H and O–H groups in total. The van der Waals surface area contributed by atoms with Gasteiger partial charge in [0.05, 0.1) is 18.1 Å². The number of ether oxygens (including phenoxy) is 1. The molecule has 2 aromatic rings. The van der Waals surface area contributed by atoms with Crippen molar-refractivity contribution in [3.63, 3.8) is 0 Å². The molecular weight excluding hydrogens is 215 g/mol. The van der Waals surface area contributed by atoms with E-state index >= 15 is 0 Å². The van der Waals surface area contributed by atoms with Gasteiger partial charge >= 0.3 is 5.97 Å². The van der Waals surface area contributed by atoms with Crippen molar-refractivity contribution < 1.29 is 19.0 Å². The van der Waals surface area contributed by atoms with Crippen molar-refractivity contribution in [2.75, 3.05) is 7.11 Å². The first-order valence-corrected chi connectivity index (χ1v) is 4.40. The summed E-state index contributed by atoms with van der Waals surface area (Å²) in [6, 6.07) is 6.85. The minimum atomic E-state index is -1.23. The Labute approximate surface area is 89.7 Å². The van der Waals surface area contributed by atoms with Gasteiger partial charge in [0, 0.05) is 4.53 Å². The second-order valence-electron chi connectivity index (χ2n) is 2.93. The molecule has 0 spiro atoms. The summed E-state index contributed by atoms with van der Waals surface area (Å²) in [6.45, 7) is 0. The Kier molecular flexibility index (Phi) is 2.63. The average Bonchev–Trinajstić information content (AvgIpc) is 2.36. The molecule has 0 saturated carbocycles. The summed E-state index contributed by atoms with van der Waals surface area (Å²) < 4.78 is 16.7. The van der Waals surface area contributed by atoms with Gasteiger partial charge in [-0.25, -0.2) is 19.7 Å². The van der Waals surface area contributed by atoms with Gasteiger partial charge in [0.25, 0.3) is 0 Å². The number of nitrogens with zero attached hydrogens (tertiary/aromatic N) is 2. The van der Waals surface area contributed by atoms with Gasteiger partial charge in [0.15, 0.2) is 0 Å². The number of methoxy groups -OCH3 is 1. The van der Waals surface area contributed by atoms with Gasteiger partial charge in [0.1, 0.15) is 0 Å². The van der Waals surface area contributed by atoms with E-state index in [1.807, 2.05) is 0 Å². The van der Waals surface area contributed by atoms with Crippen molar-refractivity contribution in [3.8, 4) is 5.88 Å². The molecule has 0 aliphatic heterocycles. The summed E-state index contributed by atoms with van der Waals surface area (Å²) in [4.78, 5) is 22.1. The van der Waals surface area contributed by atoms with Crippen LogP contribution >= 0.6 is 0 Å². The predicted octanol–water partition coefficient (Wildman–Crippen LogP) is 1.68. The van der Waals surface area contributed by atoms with E-state index in [2.05, 4.69) is 14.9 Å². The van der Waals surface area contributed by atoms with Gasteiger partial charge in [-0.1, -0.05) is 12.1 Å². The smallest absolute Gasteiger partial charge is 0.403 e. The minimum Gasteiger partial charge on any atom is -0.479 e. The van der Waals surface area contributed by atoms with Crippen LogP contribution in [-0.2, 0) is 4.94 Å². The molecule has 0 amide bonds. The molecular formula is C10H7FN2O3. The quantitative estimate of drug-likeness (QED) is 0.773. The standard InChI is InChI=1S/C10H7FN2O3/c1-15-9-8(10(14)16-11)12-6-4-2-3-5-7(6)13-9/h2-5H,1H3. The largest absolute Gasteiger partial charge is 0.479 e. The lowest BCUT2D eigenvalue weighted by molar-refractivity contribution is -0.0795. The molecule has 0 radical (unpaired) electrons. The highest BCUT2D eigenvalue weighted by atomic mass is 19.3. The van der Waals surface area contributed by atoms with Crippen molar-refractivity contribution >= 4 is 17.0 Å². The molecule has 2 rings (SSSR count). The number of carbonyl (C=O) groups excluding carboxylic acids is 1. The summed E-state index contributed by atoms with van der Waals surface area (Å²) >= 11 is 0. The van der Waals surface area contributed by atoms with Crippen molar-refractivity contribution in [2.24, 2.45) is 0 Å². The van der Waals surface area contributed by atoms with Gasteiger partial charge in [-0.3, -0.25) is 0 Å². The first kappa shape index (κ1) is 10.3. The Morgan fingerprint density at radius 1 is 1.25 bits per heavy atom. The first-order valence-electron chi connectivity index (χ1n) is 4.40. The van der Waals surface area contributed by atoms with Gasteiger partial charge in [-0.15, -0.1) is 0 Å². The molecule has 1 heterocycles. The van der Waals surface area contributed by atoms with E-state index in [0.29, 0.717) is 11.0 Å². The summed E-state index contributed by atoms with van der Waals surface area (Å²) in [6.07, 6.45) is 0. The molecule has 0 bridgehead atoms. The molecule has 6 heteroatoms. The van der Waals surface area contributed by atoms with Crippen molar-refractivity contribution in [3.05, 3.63) is 30.0 Å². The lowest BCUT2D eigenvalue weighted by Crippen LogP contribution is -2.07. The first-order chi connectivity index (χ1) is 7.76. The Morgan fingerprint density at radius 2 is 1.88 bits per heavy atom. The van der Waals surface area contributed by atoms with Crippen LogP contribution < -0.4 is 4.74 Å². The second-order valence-corrected chi connectivity index (χ2v) is 2.93. The Balaban J connectivity index is 2.67. The van der Waals surface area contributed by atoms with E-state index in [4.69, 9.17) is 4.74 Å². The fourth-order valence-corrected chi connectivity index (χ4v) is 1.30.